The van der Waals surface area contributed by atoms with Gasteiger partial charge in [-0.05, 0) is 56.0 Å². The molecule has 0 fully saturated rings. The van der Waals surface area contributed by atoms with E-state index < -0.39 is 0 Å². The number of aryl methyl sites for hydroxylation is 3. The highest BCUT2D eigenvalue weighted by Crippen LogP contribution is 2.15. The predicted molar refractivity (Wildman–Crippen MR) is 92.2 cm³/mol. The highest BCUT2D eigenvalue weighted by molar-refractivity contribution is 5.93. The van der Waals surface area contributed by atoms with Gasteiger partial charge in [0.25, 0.3) is 0 Å². The minimum absolute atomic E-state index is 0.00779. The fraction of sp³-hybridized carbons (Fsp3) is 0.316. The molecule has 116 valence electrons. The van der Waals surface area contributed by atoms with Gasteiger partial charge in [-0.2, -0.15) is 0 Å². The maximum absolute atomic E-state index is 11.9. The highest BCUT2D eigenvalue weighted by atomic mass is 16.1. The van der Waals surface area contributed by atoms with E-state index in [2.05, 4.69) is 34.9 Å². The molecule has 1 amide bonds. The van der Waals surface area contributed by atoms with Crippen molar-refractivity contribution in [3.63, 3.8) is 0 Å². The van der Waals surface area contributed by atoms with E-state index in [1.54, 1.807) is 0 Å². The van der Waals surface area contributed by atoms with E-state index in [0.29, 0.717) is 6.54 Å². The molecule has 3 nitrogen and oxygen atoms in total. The molecule has 0 aliphatic heterocycles. The van der Waals surface area contributed by atoms with E-state index in [-0.39, 0.29) is 5.91 Å². The first kappa shape index (κ1) is 16.2. The zero-order valence-electron chi connectivity index (χ0n) is 13.4. The molecule has 0 heterocycles. The summed E-state index contributed by atoms with van der Waals surface area (Å²) >= 11 is 0. The van der Waals surface area contributed by atoms with Gasteiger partial charge >= 0.3 is 0 Å². The van der Waals surface area contributed by atoms with Gasteiger partial charge in [-0.1, -0.05) is 42.5 Å². The second-order valence-corrected chi connectivity index (χ2v) is 5.63. The van der Waals surface area contributed by atoms with Gasteiger partial charge in [0.2, 0.25) is 5.91 Å². The first-order valence-corrected chi connectivity index (χ1v) is 7.77. The van der Waals surface area contributed by atoms with Crippen LogP contribution in [0.5, 0.6) is 0 Å². The van der Waals surface area contributed by atoms with E-state index in [9.17, 15) is 4.79 Å². The minimum atomic E-state index is 0.00779. The van der Waals surface area contributed by atoms with Crippen molar-refractivity contribution in [2.45, 2.75) is 26.7 Å². The summed E-state index contributed by atoms with van der Waals surface area (Å²) in [4.78, 5) is 11.9. The van der Waals surface area contributed by atoms with Crippen molar-refractivity contribution < 1.29 is 4.79 Å². The lowest BCUT2D eigenvalue weighted by Gasteiger charge is -2.10. The molecule has 0 bridgehead atoms. The van der Waals surface area contributed by atoms with Gasteiger partial charge in [0.15, 0.2) is 0 Å². The van der Waals surface area contributed by atoms with Gasteiger partial charge in [0.1, 0.15) is 0 Å². The van der Waals surface area contributed by atoms with Gasteiger partial charge < -0.3 is 10.6 Å². The van der Waals surface area contributed by atoms with Gasteiger partial charge in [0.05, 0.1) is 6.54 Å². The van der Waals surface area contributed by atoms with Crippen LogP contribution in [0, 0.1) is 13.8 Å². The lowest BCUT2D eigenvalue weighted by molar-refractivity contribution is -0.115. The first-order chi connectivity index (χ1) is 10.6. The molecule has 2 aromatic rings. The summed E-state index contributed by atoms with van der Waals surface area (Å²) in [6.45, 7) is 5.22. The summed E-state index contributed by atoms with van der Waals surface area (Å²) in [5.41, 5.74) is 4.47. The zero-order valence-corrected chi connectivity index (χ0v) is 13.4. The number of hydrogen-bond donors (Lipinski definition) is 2. The van der Waals surface area contributed by atoms with Crippen molar-refractivity contribution >= 4 is 11.6 Å². The van der Waals surface area contributed by atoms with Crippen LogP contribution in [0.4, 0.5) is 5.69 Å². The third kappa shape index (κ3) is 5.34. The van der Waals surface area contributed by atoms with E-state index >= 15 is 0 Å². The Morgan fingerprint density at radius 2 is 1.82 bits per heavy atom. The Labute approximate surface area is 132 Å². The minimum Gasteiger partial charge on any atom is -0.325 e. The molecule has 3 heteroatoms. The number of carbonyl (C=O) groups excluding carboxylic acids is 1. The van der Waals surface area contributed by atoms with Gasteiger partial charge in [-0.15, -0.1) is 0 Å². The zero-order chi connectivity index (χ0) is 15.8. The van der Waals surface area contributed by atoms with Gasteiger partial charge in [-0.25, -0.2) is 0 Å². The molecule has 0 aromatic heterocycles. The average molecular weight is 296 g/mol. The Bertz CT molecular complexity index is 608. The third-order valence-corrected chi connectivity index (χ3v) is 3.61. The maximum Gasteiger partial charge on any atom is 0.238 e. The smallest absolute Gasteiger partial charge is 0.238 e. The lowest BCUT2D eigenvalue weighted by atomic mass is 10.1. The largest absolute Gasteiger partial charge is 0.325 e. The number of carbonyl (C=O) groups is 1. The number of hydrogen-bond acceptors (Lipinski definition) is 2. The molecule has 0 saturated heterocycles. The van der Waals surface area contributed by atoms with Crippen molar-refractivity contribution in [1.82, 2.24) is 5.32 Å². The molecule has 0 saturated carbocycles. The summed E-state index contributed by atoms with van der Waals surface area (Å²) in [6.07, 6.45) is 2.06. The molecule has 22 heavy (non-hydrogen) atoms. The molecular weight excluding hydrogens is 272 g/mol. The number of anilines is 1. The Morgan fingerprint density at radius 1 is 1.05 bits per heavy atom. The quantitative estimate of drug-likeness (QED) is 0.768. The van der Waals surface area contributed by atoms with Crippen molar-refractivity contribution in [2.24, 2.45) is 0 Å². The summed E-state index contributed by atoms with van der Waals surface area (Å²) in [5, 5.41) is 6.16. The van der Waals surface area contributed by atoms with Crippen LogP contribution in [0.3, 0.4) is 0 Å². The normalized spacial score (nSPS) is 10.5. The highest BCUT2D eigenvalue weighted by Gasteiger charge is 2.04. The molecule has 0 spiro atoms. The van der Waals surface area contributed by atoms with Crippen molar-refractivity contribution in [2.75, 3.05) is 18.4 Å². The number of rotatable bonds is 7. The molecular formula is C19H24N2O. The van der Waals surface area contributed by atoms with E-state index in [1.165, 1.54) is 5.56 Å². The fourth-order valence-corrected chi connectivity index (χ4v) is 2.33. The fourth-order valence-electron chi connectivity index (χ4n) is 2.33. The standard InChI is InChI=1S/C19H24N2O/c1-15-10-11-16(2)18(13-15)21-19(22)14-20-12-6-9-17-7-4-3-5-8-17/h3-5,7-8,10-11,13,20H,6,9,12,14H2,1-2H3,(H,21,22). The predicted octanol–water partition coefficient (Wildman–Crippen LogP) is 3.46. The van der Waals surface area contributed by atoms with Crippen molar-refractivity contribution in [3.05, 3.63) is 65.2 Å². The molecule has 2 rings (SSSR count). The van der Waals surface area contributed by atoms with E-state index in [1.807, 2.05) is 38.1 Å². The summed E-state index contributed by atoms with van der Waals surface area (Å²) < 4.78 is 0. The van der Waals surface area contributed by atoms with Crippen LogP contribution in [-0.4, -0.2) is 19.0 Å². The number of amides is 1. The Hall–Kier alpha value is -2.13. The molecule has 0 aliphatic carbocycles. The Balaban J connectivity index is 1.66. The van der Waals surface area contributed by atoms with Crippen molar-refractivity contribution in [3.8, 4) is 0 Å². The van der Waals surface area contributed by atoms with Crippen LogP contribution in [0.15, 0.2) is 48.5 Å². The monoisotopic (exact) mass is 296 g/mol. The first-order valence-electron chi connectivity index (χ1n) is 7.77. The number of nitrogens with one attached hydrogen (secondary N) is 2. The Kier molecular flexibility index (Phi) is 6.16. The van der Waals surface area contributed by atoms with Crippen LogP contribution in [0.1, 0.15) is 23.1 Å². The molecule has 2 aromatic carbocycles. The second kappa shape index (κ2) is 8.35. The lowest BCUT2D eigenvalue weighted by Crippen LogP contribution is -2.29. The maximum atomic E-state index is 11.9. The third-order valence-electron chi connectivity index (χ3n) is 3.61. The average Bonchev–Trinajstić information content (AvgIpc) is 2.51. The van der Waals surface area contributed by atoms with Crippen LogP contribution < -0.4 is 10.6 Å². The van der Waals surface area contributed by atoms with Gasteiger partial charge in [-0.3, -0.25) is 4.79 Å². The van der Waals surface area contributed by atoms with Crippen LogP contribution in [0.2, 0.25) is 0 Å². The van der Waals surface area contributed by atoms with Crippen LogP contribution in [-0.2, 0) is 11.2 Å². The summed E-state index contributed by atoms with van der Waals surface area (Å²) in [7, 11) is 0. The molecule has 0 atom stereocenters. The summed E-state index contributed by atoms with van der Waals surface area (Å²) in [5.74, 6) is 0.00779. The molecule has 0 aliphatic rings. The molecule has 0 unspecified atom stereocenters. The molecule has 0 radical (unpaired) electrons. The second-order valence-electron chi connectivity index (χ2n) is 5.63. The topological polar surface area (TPSA) is 41.1 Å². The SMILES string of the molecule is Cc1ccc(C)c(NC(=O)CNCCCc2ccccc2)c1. The van der Waals surface area contributed by atoms with E-state index in [0.717, 1.165) is 36.2 Å². The van der Waals surface area contributed by atoms with Gasteiger partial charge in [0, 0.05) is 5.69 Å². The number of benzene rings is 2. The van der Waals surface area contributed by atoms with Crippen LogP contribution >= 0.6 is 0 Å². The summed E-state index contributed by atoms with van der Waals surface area (Å²) in [6, 6.07) is 16.5. The van der Waals surface area contributed by atoms with Crippen molar-refractivity contribution in [1.29, 1.82) is 0 Å². The van der Waals surface area contributed by atoms with Crippen LogP contribution in [0.25, 0.3) is 0 Å². The van der Waals surface area contributed by atoms with E-state index in [4.69, 9.17) is 0 Å². The Morgan fingerprint density at radius 3 is 2.59 bits per heavy atom. The molecule has 2 N–H and O–H groups in total.